The summed E-state index contributed by atoms with van der Waals surface area (Å²) >= 11 is 0. The molecule has 3 aromatic rings. The first-order valence-corrected chi connectivity index (χ1v) is 7.02. The van der Waals surface area contributed by atoms with Crippen molar-refractivity contribution in [2.45, 2.75) is 13.5 Å². The molecule has 0 unspecified atom stereocenters. The fraction of sp³-hybridized carbons (Fsp3) is 0.200. The second-order valence-corrected chi connectivity index (χ2v) is 4.82. The van der Waals surface area contributed by atoms with Gasteiger partial charge in [0, 0.05) is 18.0 Å². The van der Waals surface area contributed by atoms with Gasteiger partial charge in [-0.1, -0.05) is 0 Å². The molecule has 0 saturated carbocycles. The normalized spacial score (nSPS) is 10.8. The minimum atomic E-state index is -0.804. The predicted octanol–water partition coefficient (Wildman–Crippen LogP) is 0.643. The molecule has 0 bridgehead atoms. The summed E-state index contributed by atoms with van der Waals surface area (Å²) in [5.74, 6) is 0.0399. The summed E-state index contributed by atoms with van der Waals surface area (Å²) in [6.45, 7) is 1.55. The summed E-state index contributed by atoms with van der Waals surface area (Å²) in [5, 5.41) is 0. The number of rotatable bonds is 4. The third-order valence-corrected chi connectivity index (χ3v) is 3.34. The summed E-state index contributed by atoms with van der Waals surface area (Å²) in [6.07, 6.45) is 3.29. The van der Waals surface area contributed by atoms with Crippen LogP contribution in [0.3, 0.4) is 0 Å². The minimum Gasteiger partial charge on any atom is -0.465 e. The molecule has 0 fully saturated rings. The maximum absolute atomic E-state index is 12.1. The second kappa shape index (κ2) is 5.91. The number of hydrogen-bond acceptors (Lipinski definition) is 5. The highest BCUT2D eigenvalue weighted by molar-refractivity contribution is 5.81. The van der Waals surface area contributed by atoms with E-state index in [1.807, 2.05) is 0 Å². The van der Waals surface area contributed by atoms with Crippen LogP contribution in [0.15, 0.2) is 40.2 Å². The van der Waals surface area contributed by atoms with Gasteiger partial charge in [0.15, 0.2) is 0 Å². The lowest BCUT2D eigenvalue weighted by molar-refractivity contribution is -0.143. The van der Waals surface area contributed by atoms with E-state index >= 15 is 0 Å². The quantitative estimate of drug-likeness (QED) is 0.542. The van der Waals surface area contributed by atoms with Crippen LogP contribution < -0.4 is 11.1 Å². The Hall–Kier alpha value is -3.16. The van der Waals surface area contributed by atoms with E-state index in [4.69, 9.17) is 4.74 Å². The van der Waals surface area contributed by atoms with Gasteiger partial charge in [0.2, 0.25) is 0 Å². The SMILES string of the molecule is CCOC(=O)Cn1c(=O)c(=O)[nH]c2ccc(-c3ncc[nH]3)cc21. The molecule has 0 aliphatic rings. The van der Waals surface area contributed by atoms with Crippen LogP contribution in [0.1, 0.15) is 6.92 Å². The van der Waals surface area contributed by atoms with Gasteiger partial charge in [0.05, 0.1) is 17.6 Å². The van der Waals surface area contributed by atoms with Crippen molar-refractivity contribution in [3.05, 3.63) is 51.3 Å². The van der Waals surface area contributed by atoms with Gasteiger partial charge in [0.1, 0.15) is 12.4 Å². The monoisotopic (exact) mass is 314 g/mol. The highest BCUT2D eigenvalue weighted by Gasteiger charge is 2.13. The zero-order valence-electron chi connectivity index (χ0n) is 12.3. The van der Waals surface area contributed by atoms with Gasteiger partial charge in [-0.05, 0) is 25.1 Å². The van der Waals surface area contributed by atoms with Gasteiger partial charge in [-0.15, -0.1) is 0 Å². The maximum Gasteiger partial charge on any atom is 0.326 e. The molecule has 0 saturated heterocycles. The van der Waals surface area contributed by atoms with Crippen molar-refractivity contribution in [1.29, 1.82) is 0 Å². The third-order valence-electron chi connectivity index (χ3n) is 3.34. The largest absolute Gasteiger partial charge is 0.465 e. The summed E-state index contributed by atoms with van der Waals surface area (Å²) in [4.78, 5) is 45.2. The lowest BCUT2D eigenvalue weighted by Crippen LogP contribution is -2.38. The lowest BCUT2D eigenvalue weighted by atomic mass is 10.2. The zero-order valence-corrected chi connectivity index (χ0v) is 12.3. The molecule has 0 aliphatic heterocycles. The molecular weight excluding hydrogens is 300 g/mol. The fourth-order valence-electron chi connectivity index (χ4n) is 2.33. The van der Waals surface area contributed by atoms with Gasteiger partial charge < -0.3 is 14.7 Å². The van der Waals surface area contributed by atoms with Crippen molar-refractivity contribution < 1.29 is 9.53 Å². The van der Waals surface area contributed by atoms with Crippen LogP contribution in [0.2, 0.25) is 0 Å². The van der Waals surface area contributed by atoms with Gasteiger partial charge in [0.25, 0.3) is 0 Å². The first-order valence-electron chi connectivity index (χ1n) is 7.02. The molecule has 118 valence electrons. The number of H-pyrrole nitrogens is 2. The summed E-state index contributed by atoms with van der Waals surface area (Å²) < 4.78 is 5.97. The number of aromatic nitrogens is 4. The Morgan fingerprint density at radius 1 is 1.35 bits per heavy atom. The van der Waals surface area contributed by atoms with Gasteiger partial charge in [-0.2, -0.15) is 0 Å². The third kappa shape index (κ3) is 2.78. The molecule has 0 amide bonds. The molecule has 8 heteroatoms. The Bertz CT molecular complexity index is 969. The first kappa shape index (κ1) is 14.8. The molecule has 2 aromatic heterocycles. The molecule has 2 N–H and O–H groups in total. The number of imidazole rings is 1. The smallest absolute Gasteiger partial charge is 0.326 e. The summed E-state index contributed by atoms with van der Waals surface area (Å²) in [5.41, 5.74) is 0.0204. The molecule has 0 radical (unpaired) electrons. The Morgan fingerprint density at radius 3 is 2.87 bits per heavy atom. The van der Waals surface area contributed by atoms with Crippen molar-refractivity contribution in [3.63, 3.8) is 0 Å². The number of hydrogen-bond donors (Lipinski definition) is 2. The Labute approximate surface area is 129 Å². The molecule has 0 spiro atoms. The van der Waals surface area contributed by atoms with E-state index in [-0.39, 0.29) is 13.2 Å². The maximum atomic E-state index is 12.1. The Balaban J connectivity index is 2.20. The Morgan fingerprint density at radius 2 is 2.17 bits per heavy atom. The highest BCUT2D eigenvalue weighted by Crippen LogP contribution is 2.19. The van der Waals surface area contributed by atoms with E-state index in [2.05, 4.69) is 15.0 Å². The number of esters is 1. The standard InChI is InChI=1S/C15H14N4O4/c1-2-23-12(20)8-19-11-7-9(13-16-5-6-17-13)3-4-10(11)18-14(21)15(19)22/h3-7H,2,8H2,1H3,(H,16,17)(H,18,21). The molecule has 0 aliphatic carbocycles. The topological polar surface area (TPSA) is 110 Å². The number of carbonyl (C=O) groups excluding carboxylic acids is 1. The van der Waals surface area contributed by atoms with E-state index in [9.17, 15) is 14.4 Å². The average molecular weight is 314 g/mol. The van der Waals surface area contributed by atoms with Gasteiger partial charge in [-0.25, -0.2) is 4.98 Å². The zero-order chi connectivity index (χ0) is 16.4. The van der Waals surface area contributed by atoms with Gasteiger partial charge >= 0.3 is 17.1 Å². The van der Waals surface area contributed by atoms with Crippen molar-refractivity contribution in [1.82, 2.24) is 19.5 Å². The molecule has 2 heterocycles. The van der Waals surface area contributed by atoms with E-state index in [1.54, 1.807) is 37.5 Å². The highest BCUT2D eigenvalue weighted by atomic mass is 16.5. The summed E-state index contributed by atoms with van der Waals surface area (Å²) in [6, 6.07) is 5.11. The molecule has 8 nitrogen and oxygen atoms in total. The van der Waals surface area contributed by atoms with Crippen LogP contribution in [0, 0.1) is 0 Å². The average Bonchev–Trinajstić information content (AvgIpc) is 3.06. The molecular formula is C15H14N4O4. The van der Waals surface area contributed by atoms with E-state index < -0.39 is 17.1 Å². The van der Waals surface area contributed by atoms with Gasteiger partial charge in [-0.3, -0.25) is 19.0 Å². The Kier molecular flexibility index (Phi) is 3.80. The fourth-order valence-corrected chi connectivity index (χ4v) is 2.33. The number of ether oxygens (including phenoxy) is 1. The lowest BCUT2D eigenvalue weighted by Gasteiger charge is -2.10. The van der Waals surface area contributed by atoms with Crippen molar-refractivity contribution >= 4 is 17.0 Å². The van der Waals surface area contributed by atoms with Crippen molar-refractivity contribution in [3.8, 4) is 11.4 Å². The van der Waals surface area contributed by atoms with Crippen LogP contribution >= 0.6 is 0 Å². The van der Waals surface area contributed by atoms with Crippen LogP contribution in [-0.4, -0.2) is 32.1 Å². The number of nitrogens with one attached hydrogen (secondary N) is 2. The van der Waals surface area contributed by atoms with Crippen molar-refractivity contribution in [2.75, 3.05) is 6.61 Å². The van der Waals surface area contributed by atoms with Crippen LogP contribution in [0.4, 0.5) is 0 Å². The predicted molar refractivity (Wildman–Crippen MR) is 83.0 cm³/mol. The van der Waals surface area contributed by atoms with Crippen LogP contribution in [0.5, 0.6) is 0 Å². The van der Waals surface area contributed by atoms with E-state index in [0.29, 0.717) is 16.9 Å². The number of fused-ring (bicyclic) bond motifs is 1. The number of benzene rings is 1. The molecule has 0 atom stereocenters. The molecule has 3 rings (SSSR count). The minimum absolute atomic E-state index is 0.201. The van der Waals surface area contributed by atoms with E-state index in [0.717, 1.165) is 10.1 Å². The van der Waals surface area contributed by atoms with Crippen LogP contribution in [0.25, 0.3) is 22.4 Å². The van der Waals surface area contributed by atoms with Crippen LogP contribution in [-0.2, 0) is 16.1 Å². The summed E-state index contributed by atoms with van der Waals surface area (Å²) in [7, 11) is 0. The molecule has 23 heavy (non-hydrogen) atoms. The second-order valence-electron chi connectivity index (χ2n) is 4.82. The van der Waals surface area contributed by atoms with E-state index in [1.165, 1.54) is 0 Å². The number of carbonyl (C=O) groups is 1. The first-order chi connectivity index (χ1) is 11.1. The molecule has 1 aromatic carbocycles. The van der Waals surface area contributed by atoms with Crippen molar-refractivity contribution in [2.24, 2.45) is 0 Å². The number of nitrogens with zero attached hydrogens (tertiary/aromatic N) is 2. The number of aromatic amines is 2.